The summed E-state index contributed by atoms with van der Waals surface area (Å²) in [7, 11) is 3.14. The molecule has 1 aliphatic heterocycles. The Hall–Kier alpha value is -1.91. The minimum atomic E-state index is -4.51. The van der Waals surface area contributed by atoms with Crippen LogP contribution in [0.4, 0.5) is 13.2 Å². The lowest BCUT2D eigenvalue weighted by molar-refractivity contribution is -0.166. The van der Waals surface area contributed by atoms with E-state index in [9.17, 15) is 13.2 Å². The molecule has 0 radical (unpaired) electrons. The summed E-state index contributed by atoms with van der Waals surface area (Å²) in [5, 5.41) is 6.31. The Bertz CT molecular complexity index is 594. The molecular weight excluding hydrogens is 297 g/mol. The molecule has 118 valence electrons. The van der Waals surface area contributed by atoms with Crippen molar-refractivity contribution in [3.63, 3.8) is 0 Å². The molecule has 1 aliphatic rings. The van der Waals surface area contributed by atoms with Crippen molar-refractivity contribution in [2.45, 2.75) is 24.4 Å². The van der Waals surface area contributed by atoms with Gasteiger partial charge in [-0.3, -0.25) is 0 Å². The molecule has 0 spiro atoms. The SMILES string of the molecule is COCC(CC#Cc1ccc(C2(C(F)(F)F)N=N2)cc1)OC. The molecule has 0 aliphatic carbocycles. The number of hydrogen-bond donors (Lipinski definition) is 0. The number of nitrogens with zero attached hydrogens (tertiary/aromatic N) is 2. The fraction of sp³-hybridized carbons (Fsp3) is 0.467. The first-order valence-electron chi connectivity index (χ1n) is 6.55. The highest BCUT2D eigenvalue weighted by molar-refractivity contribution is 5.39. The highest BCUT2D eigenvalue weighted by Gasteiger charge is 2.65. The van der Waals surface area contributed by atoms with Crippen LogP contribution in [-0.4, -0.2) is 33.1 Å². The molecule has 22 heavy (non-hydrogen) atoms. The highest BCUT2D eigenvalue weighted by atomic mass is 19.4. The van der Waals surface area contributed by atoms with Crippen LogP contribution in [0.1, 0.15) is 17.5 Å². The first kappa shape index (κ1) is 16.5. The van der Waals surface area contributed by atoms with Gasteiger partial charge in [0.1, 0.15) is 0 Å². The van der Waals surface area contributed by atoms with Crippen molar-refractivity contribution in [3.8, 4) is 11.8 Å². The molecule has 0 N–H and O–H groups in total. The minimum absolute atomic E-state index is 0.000277. The van der Waals surface area contributed by atoms with E-state index < -0.39 is 11.8 Å². The third kappa shape index (κ3) is 3.46. The third-order valence-corrected chi connectivity index (χ3v) is 3.23. The number of methoxy groups -OCH3 is 2. The molecule has 1 aromatic carbocycles. The standard InChI is InChI=1S/C15H15F3N2O2/c1-21-10-13(22-2)5-3-4-11-6-8-12(9-7-11)14(19-20-14)15(16,17)18/h6-9,13H,5,10H2,1-2H3. The van der Waals surface area contributed by atoms with E-state index in [-0.39, 0.29) is 11.7 Å². The Labute approximate surface area is 126 Å². The average Bonchev–Trinajstić information content (AvgIpc) is 3.28. The maximum atomic E-state index is 12.8. The molecule has 1 atom stereocenters. The third-order valence-electron chi connectivity index (χ3n) is 3.23. The van der Waals surface area contributed by atoms with Crippen molar-refractivity contribution in [3.05, 3.63) is 35.4 Å². The van der Waals surface area contributed by atoms with Crippen molar-refractivity contribution < 1.29 is 22.6 Å². The molecule has 1 unspecified atom stereocenters. The van der Waals surface area contributed by atoms with Crippen molar-refractivity contribution in [1.29, 1.82) is 0 Å². The van der Waals surface area contributed by atoms with E-state index in [2.05, 4.69) is 22.1 Å². The van der Waals surface area contributed by atoms with Gasteiger partial charge < -0.3 is 9.47 Å². The van der Waals surface area contributed by atoms with E-state index in [0.717, 1.165) is 0 Å². The summed E-state index contributed by atoms with van der Waals surface area (Å²) >= 11 is 0. The Morgan fingerprint density at radius 3 is 2.27 bits per heavy atom. The van der Waals surface area contributed by atoms with Gasteiger partial charge in [0.25, 0.3) is 0 Å². The second kappa shape index (κ2) is 6.46. The Morgan fingerprint density at radius 1 is 1.18 bits per heavy atom. The molecule has 7 heteroatoms. The van der Waals surface area contributed by atoms with Crippen LogP contribution in [0.15, 0.2) is 34.5 Å². The zero-order valence-corrected chi connectivity index (χ0v) is 12.1. The quantitative estimate of drug-likeness (QED) is 0.783. The molecule has 1 heterocycles. The molecule has 0 saturated heterocycles. The predicted molar refractivity (Wildman–Crippen MR) is 73.2 cm³/mol. The molecular formula is C15H15F3N2O2. The lowest BCUT2D eigenvalue weighted by atomic mass is 10.0. The second-order valence-electron chi connectivity index (χ2n) is 4.77. The minimum Gasteiger partial charge on any atom is -0.382 e. The lowest BCUT2D eigenvalue weighted by Crippen LogP contribution is -2.29. The van der Waals surface area contributed by atoms with Crippen LogP contribution in [0.5, 0.6) is 0 Å². The summed E-state index contributed by atoms with van der Waals surface area (Å²) in [5.41, 5.74) is -1.76. The van der Waals surface area contributed by atoms with E-state index in [4.69, 9.17) is 9.47 Å². The van der Waals surface area contributed by atoms with E-state index in [0.29, 0.717) is 18.6 Å². The van der Waals surface area contributed by atoms with Crippen molar-refractivity contribution in [2.75, 3.05) is 20.8 Å². The lowest BCUT2D eigenvalue weighted by Gasteiger charge is -2.14. The van der Waals surface area contributed by atoms with Crippen LogP contribution in [0, 0.1) is 11.8 Å². The van der Waals surface area contributed by atoms with Crippen LogP contribution in [0.2, 0.25) is 0 Å². The molecule has 0 aromatic heterocycles. The van der Waals surface area contributed by atoms with Gasteiger partial charge in [0.15, 0.2) is 0 Å². The monoisotopic (exact) mass is 312 g/mol. The van der Waals surface area contributed by atoms with Gasteiger partial charge in [0.05, 0.1) is 12.7 Å². The first-order valence-corrected chi connectivity index (χ1v) is 6.55. The number of rotatable bonds is 5. The van der Waals surface area contributed by atoms with Crippen LogP contribution in [-0.2, 0) is 15.1 Å². The van der Waals surface area contributed by atoms with Gasteiger partial charge in [-0.15, -0.1) is 10.2 Å². The number of halogens is 3. The highest BCUT2D eigenvalue weighted by Crippen LogP contribution is 2.52. The Balaban J connectivity index is 2.02. The largest absolute Gasteiger partial charge is 0.442 e. The number of hydrogen-bond acceptors (Lipinski definition) is 4. The van der Waals surface area contributed by atoms with Gasteiger partial charge in [-0.25, -0.2) is 0 Å². The van der Waals surface area contributed by atoms with Crippen LogP contribution in [0.3, 0.4) is 0 Å². The summed E-state index contributed by atoms with van der Waals surface area (Å²) in [5.74, 6) is 5.80. The maximum Gasteiger partial charge on any atom is 0.442 e. The zero-order chi connectivity index (χ0) is 16.2. The van der Waals surface area contributed by atoms with Crippen molar-refractivity contribution in [2.24, 2.45) is 10.2 Å². The van der Waals surface area contributed by atoms with Crippen LogP contribution >= 0.6 is 0 Å². The molecule has 0 bridgehead atoms. The molecule has 0 saturated carbocycles. The average molecular weight is 312 g/mol. The number of ether oxygens (including phenoxy) is 2. The maximum absolute atomic E-state index is 12.8. The van der Waals surface area contributed by atoms with E-state index in [1.54, 1.807) is 14.2 Å². The summed E-state index contributed by atoms with van der Waals surface area (Å²) in [4.78, 5) is 0. The fourth-order valence-corrected chi connectivity index (χ4v) is 1.89. The molecule has 0 fully saturated rings. The summed E-state index contributed by atoms with van der Waals surface area (Å²) in [6, 6.07) is 5.75. The first-order chi connectivity index (χ1) is 10.4. The normalized spacial score (nSPS) is 16.8. The van der Waals surface area contributed by atoms with Crippen LogP contribution in [0.25, 0.3) is 0 Å². The number of alkyl halides is 3. The summed E-state index contributed by atoms with van der Waals surface area (Å²) in [6.45, 7) is 0.432. The van der Waals surface area contributed by atoms with Crippen molar-refractivity contribution >= 4 is 0 Å². The zero-order valence-electron chi connectivity index (χ0n) is 12.1. The summed E-state index contributed by atoms with van der Waals surface area (Å²) < 4.78 is 48.7. The van der Waals surface area contributed by atoms with Crippen molar-refractivity contribution in [1.82, 2.24) is 0 Å². The Morgan fingerprint density at radius 2 is 1.82 bits per heavy atom. The fourth-order valence-electron chi connectivity index (χ4n) is 1.89. The van der Waals surface area contributed by atoms with Gasteiger partial charge in [0.2, 0.25) is 0 Å². The molecule has 2 rings (SSSR count). The van der Waals surface area contributed by atoms with Gasteiger partial charge in [-0.05, 0) is 12.1 Å². The van der Waals surface area contributed by atoms with Gasteiger partial charge >= 0.3 is 11.8 Å². The summed E-state index contributed by atoms with van der Waals surface area (Å²) in [6.07, 6.45) is -4.16. The Kier molecular flexibility index (Phi) is 4.84. The van der Waals surface area contributed by atoms with Crippen LogP contribution < -0.4 is 0 Å². The van der Waals surface area contributed by atoms with E-state index in [1.165, 1.54) is 24.3 Å². The predicted octanol–water partition coefficient (Wildman–Crippen LogP) is 3.27. The molecule has 4 nitrogen and oxygen atoms in total. The van der Waals surface area contributed by atoms with Gasteiger partial charge in [-0.2, -0.15) is 13.2 Å². The van der Waals surface area contributed by atoms with Gasteiger partial charge in [-0.1, -0.05) is 24.0 Å². The van der Waals surface area contributed by atoms with E-state index >= 15 is 0 Å². The number of benzene rings is 1. The topological polar surface area (TPSA) is 43.2 Å². The molecule has 1 aromatic rings. The molecule has 0 amide bonds. The second-order valence-corrected chi connectivity index (χ2v) is 4.77. The van der Waals surface area contributed by atoms with Gasteiger partial charge in [0, 0.05) is 31.8 Å². The van der Waals surface area contributed by atoms with E-state index in [1.807, 2.05) is 0 Å². The smallest absolute Gasteiger partial charge is 0.382 e.